The van der Waals surface area contributed by atoms with Crippen LogP contribution in [-0.2, 0) is 102 Å². The number of methoxy groups -OCH3 is 3. The topological polar surface area (TPSA) is 543 Å². The van der Waals surface area contributed by atoms with Crippen LogP contribution in [0.25, 0.3) is 32.7 Å². The predicted octanol–water partition coefficient (Wildman–Crippen LogP) is 11.7. The number of amides is 9. The fourth-order valence-corrected chi connectivity index (χ4v) is 12.4. The quantitative estimate of drug-likeness (QED) is 0.00749. The Morgan fingerprint density at radius 1 is 0.504 bits per heavy atom. The zero-order valence-electron chi connectivity index (χ0n) is 71.8. The summed E-state index contributed by atoms with van der Waals surface area (Å²) in [6.07, 6.45) is -6.64. The molecule has 0 spiro atoms. The van der Waals surface area contributed by atoms with Gasteiger partial charge in [-0.1, -0.05) is 74.6 Å². The number of ether oxygens (including phenoxy) is 3. The van der Waals surface area contributed by atoms with Crippen molar-refractivity contribution in [3.05, 3.63) is 88.9 Å². The maximum Gasteiger partial charge on any atom is 2.00 e. The summed E-state index contributed by atoms with van der Waals surface area (Å²) >= 11 is 0. The molecular formula is C81H107F12N15O20S2Zn. The number of nitrogens with zero attached hydrogens (tertiary/aromatic N) is 3. The van der Waals surface area contributed by atoms with E-state index >= 15 is 0 Å². The molecule has 6 heterocycles. The molecule has 3 aromatic carbocycles. The molecule has 9 rings (SSSR count). The third kappa shape index (κ3) is 39.2. The number of aromatic amines is 3. The zero-order chi connectivity index (χ0) is 97.4. The molecule has 6 aromatic rings. The summed E-state index contributed by atoms with van der Waals surface area (Å²) in [5.41, 5.74) is -9.32. The molecule has 0 radical (unpaired) electrons. The number of rotatable bonds is 27. The molecule has 0 aliphatic carbocycles. The van der Waals surface area contributed by atoms with Crippen LogP contribution in [0.2, 0.25) is 0 Å². The predicted molar refractivity (Wildman–Crippen MR) is 446 cm³/mol. The molecule has 3 aliphatic rings. The minimum absolute atomic E-state index is 0. The monoisotopic (exact) mass is 1970 g/mol. The summed E-state index contributed by atoms with van der Waals surface area (Å²) in [5, 5.41) is 68.8. The van der Waals surface area contributed by atoms with E-state index in [1.807, 2.05) is 65.0 Å². The summed E-state index contributed by atoms with van der Waals surface area (Å²) in [6.45, 7) is 20.3. The smallest absolute Gasteiger partial charge is 0.496 e. The normalized spacial score (nSPS) is 15.9. The number of carbonyl (C=O) groups excluding carboxylic acids is 9. The second kappa shape index (κ2) is 54.3. The molecule has 3 aliphatic heterocycles. The van der Waals surface area contributed by atoms with E-state index in [-0.39, 0.29) is 124 Å². The first-order valence-electron chi connectivity index (χ1n) is 38.8. The van der Waals surface area contributed by atoms with Crippen LogP contribution in [0.4, 0.5) is 52.7 Å². The SMILES string of the molecule is C.C.CC(C)(C)OO.COc1ccc(C)c2[nH]c(C(=O)N[C@@H](CC(C)C)C(=O)N[C@H](C#N)C[C@@H]3CCNC3=O)cc12.COc1cccc2[nH]c(C(=O)N[C@@H](CC(C)C)C(=O)N[C@H](C#N)C[C@@H]3CCNC3=O)c(C(F)(F)F)c12.COc1cccc2[nH]c(C(=O)N[C@@H](CC(C)C)C(=O)N[C@H](C#N)C[C@@H]3CCNC3=O)cc12.O=C(O)C(F)(F)F.O=[S-](=O)C(F)(F)F.O=[S-](=O)C(F)(F)F.[Zn+2]. The second-order valence-electron chi connectivity index (χ2n) is 30.9. The van der Waals surface area contributed by atoms with Crippen molar-refractivity contribution in [2.45, 2.75) is 207 Å². The number of nitrogens with one attached hydrogen (secondary N) is 12. The fourth-order valence-electron chi connectivity index (χ4n) is 12.4. The van der Waals surface area contributed by atoms with Crippen molar-refractivity contribution in [3.8, 4) is 35.5 Å². The van der Waals surface area contributed by atoms with Gasteiger partial charge in [0.1, 0.15) is 70.6 Å². The van der Waals surface area contributed by atoms with E-state index in [1.54, 1.807) is 67.0 Å². The number of carboxylic acids is 1. The van der Waals surface area contributed by atoms with Crippen LogP contribution in [0.1, 0.15) is 178 Å². The van der Waals surface area contributed by atoms with Crippen LogP contribution in [0.3, 0.4) is 0 Å². The van der Waals surface area contributed by atoms with E-state index in [2.05, 4.69) is 79.8 Å². The van der Waals surface area contributed by atoms with E-state index in [9.17, 15) is 112 Å². The Morgan fingerprint density at radius 2 is 0.824 bits per heavy atom. The van der Waals surface area contributed by atoms with E-state index < -0.39 is 145 Å². The minimum atomic E-state index is -5.08. The number of alkyl halides is 12. The molecule has 0 saturated carbocycles. The molecule has 3 aromatic heterocycles. The average molecular weight is 1970 g/mol. The Kier molecular flexibility index (Phi) is 49.5. The first kappa shape index (κ1) is 119. The molecular weight excluding hydrogens is 1860 g/mol. The van der Waals surface area contributed by atoms with Crippen molar-refractivity contribution < 1.29 is 166 Å². The fraction of sp³-hybridized carbons (Fsp3) is 0.543. The van der Waals surface area contributed by atoms with Gasteiger partial charge in [0.25, 0.3) is 17.7 Å². The number of carbonyl (C=O) groups is 10. The molecule has 0 bridgehead atoms. The maximum absolute atomic E-state index is 14.0. The molecule has 14 N–H and O–H groups in total. The van der Waals surface area contributed by atoms with Gasteiger partial charge in [0.15, 0.2) is 0 Å². The molecule has 9 atom stereocenters. The number of hydrogen-bond donors (Lipinski definition) is 14. The van der Waals surface area contributed by atoms with Crippen LogP contribution in [-0.4, -0.2) is 184 Å². The Balaban J connectivity index is 0.00000167. The molecule has 3 saturated heterocycles. The molecule has 9 amide bonds. The maximum atomic E-state index is 14.0. The van der Waals surface area contributed by atoms with Gasteiger partial charge in [0, 0.05) is 75.1 Å². The number of aliphatic carboxylic acids is 1. The standard InChI is InChI=1S/C24H28F3N5O4.C24H31N5O4.C23H29N5O4.C4H10O2.C2HF3O2.2CF3O2S.2CH4.Zn/c1-12(2)9-16(22(34)30-14(11-28)10-13-7-8-29-21(13)33)32-23(35)20-19(24(25,26)27)18-15(31-20)5-4-6-17(18)36-3;1-13(2)9-18(23(31)27-16(12-25)10-15-7-8-26-22(15)30)29-24(32)19-11-17-20(33-4)6-5-14(3)21(17)28-19;1-13(2)9-18(22(30)26-15(12-24)10-14-7-8-25-21(14)29)28-23(31)19-11-16-17(27-19)5-4-6-20(16)32-3;1-4(2,3)6-5;3-2(4,5)1(6)7;2*2-1(3,4)7(5)6;;;/h4-6,12-14,16,31H,7-10H2,1-3H3,(H,29,33)(H,30,34)(H,32,35);5-6,11,13,15-16,18,28H,7-10H2,1-4H3,(H,26,30)(H,27,31)(H,29,32);4-6,11,13-15,18,27H,7-10H2,1-3H3,(H,25,29)(H,26,30)(H,28,31);5H,1-3H3;(H,6,7);;;2*1H4;/q;;;;;2*-1;;;+2/t13-,14-,16-;15-,16-,18-;14-,15-,18-;;;;;;;/m000......./s1. The number of hydrogen-bond acceptors (Lipinski definition) is 24. The second-order valence-corrected chi connectivity index (χ2v) is 32.7. The number of benzene rings is 3. The van der Waals surface area contributed by atoms with Crippen LogP contribution < -0.4 is 62.1 Å². The van der Waals surface area contributed by atoms with Gasteiger partial charge in [0.05, 0.1) is 67.1 Å². The summed E-state index contributed by atoms with van der Waals surface area (Å²) in [4.78, 5) is 135. The molecule has 3 fully saturated rings. The summed E-state index contributed by atoms with van der Waals surface area (Å²) in [5.74, 6) is -6.33. The van der Waals surface area contributed by atoms with Gasteiger partial charge in [-0.05, 0) is 151 Å². The van der Waals surface area contributed by atoms with Gasteiger partial charge < -0.3 is 99.0 Å². The first-order chi connectivity index (χ1) is 59.4. The number of H-pyrrole nitrogens is 3. The van der Waals surface area contributed by atoms with E-state index in [1.165, 1.54) is 25.3 Å². The van der Waals surface area contributed by atoms with E-state index in [4.69, 9.17) is 46.2 Å². The number of nitriles is 3. The Morgan fingerprint density at radius 3 is 1.12 bits per heavy atom. The molecule has 35 nitrogen and oxygen atoms in total. The molecule has 724 valence electrons. The van der Waals surface area contributed by atoms with Gasteiger partial charge in [-0.15, -0.1) is 0 Å². The molecule has 0 unspecified atom stereocenters. The third-order valence-electron chi connectivity index (χ3n) is 18.4. The van der Waals surface area contributed by atoms with E-state index in [0.29, 0.717) is 74.6 Å². The van der Waals surface area contributed by atoms with Crippen molar-refractivity contribution >= 4 is 113 Å². The van der Waals surface area contributed by atoms with Crippen LogP contribution in [0.5, 0.6) is 17.2 Å². The van der Waals surface area contributed by atoms with Gasteiger partial charge in [-0.25, -0.2) is 9.68 Å². The van der Waals surface area contributed by atoms with Gasteiger partial charge >= 0.3 is 48.8 Å². The number of aromatic nitrogens is 3. The number of carboxylic acid groups (broad SMARTS) is 1. The van der Waals surface area contributed by atoms with Crippen LogP contribution in [0, 0.1) is 76.4 Å². The van der Waals surface area contributed by atoms with Crippen molar-refractivity contribution in [2.24, 2.45) is 35.5 Å². The van der Waals surface area contributed by atoms with E-state index in [0.717, 1.165) is 27.4 Å². The van der Waals surface area contributed by atoms with Crippen LogP contribution >= 0.6 is 0 Å². The average Bonchev–Trinajstić information content (AvgIpc) is 1.61. The van der Waals surface area contributed by atoms with Gasteiger partial charge in [0.2, 0.25) is 35.4 Å². The van der Waals surface area contributed by atoms with Gasteiger partial charge in [-0.2, -0.15) is 68.5 Å². The van der Waals surface area contributed by atoms with Gasteiger partial charge in [-0.3, -0.25) is 48.4 Å². The zero-order valence-corrected chi connectivity index (χ0v) is 76.4. The van der Waals surface area contributed by atoms with Crippen molar-refractivity contribution in [1.82, 2.24) is 62.8 Å². The van der Waals surface area contributed by atoms with Crippen molar-refractivity contribution in [1.29, 1.82) is 15.8 Å². The van der Waals surface area contributed by atoms with Crippen molar-refractivity contribution in [3.63, 3.8) is 0 Å². The number of halogens is 12. The third-order valence-corrected chi connectivity index (χ3v) is 19.1. The summed E-state index contributed by atoms with van der Waals surface area (Å²) in [7, 11) is -3.51. The first-order valence-corrected chi connectivity index (χ1v) is 40.9. The Bertz CT molecular complexity index is 5100. The number of aryl methyl sites for hydroxylation is 1. The largest absolute Gasteiger partial charge is 2.00 e. The Hall–Kier alpha value is -11.5. The van der Waals surface area contributed by atoms with Crippen LogP contribution in [0.15, 0.2) is 60.7 Å². The minimum Gasteiger partial charge on any atom is -0.496 e. The number of fused-ring (bicyclic) bond motifs is 3. The summed E-state index contributed by atoms with van der Waals surface area (Å²) < 4.78 is 189. The molecule has 50 heteroatoms. The summed E-state index contributed by atoms with van der Waals surface area (Å²) in [6, 6.07) is 17.4. The Labute approximate surface area is 762 Å². The molecule has 131 heavy (non-hydrogen) atoms. The van der Waals surface area contributed by atoms with Crippen molar-refractivity contribution in [2.75, 3.05) is 41.0 Å².